The number of rotatable bonds is 4. The molecule has 1 aliphatic rings. The lowest BCUT2D eigenvalue weighted by Gasteiger charge is -2.25. The molecule has 0 aromatic carbocycles. The molecule has 80 valence electrons. The largest absolute Gasteiger partial charge is 0.497 e. The number of halogens is 1. The molecule has 14 heavy (non-hydrogen) atoms. The average Bonchev–Trinajstić information content (AvgIpc) is 2.20. The molecule has 1 aliphatic heterocycles. The van der Waals surface area contributed by atoms with E-state index < -0.39 is 0 Å². The van der Waals surface area contributed by atoms with Crippen molar-refractivity contribution < 1.29 is 9.13 Å². The molecule has 0 radical (unpaired) electrons. The fourth-order valence-electron chi connectivity index (χ4n) is 1.64. The molecular weight excluding hydrogens is 179 g/mol. The molecule has 1 heterocycles. The molecule has 0 aromatic heterocycles. The normalized spacial score (nSPS) is 24.4. The molecule has 0 N–H and O–H groups in total. The van der Waals surface area contributed by atoms with Gasteiger partial charge >= 0.3 is 0 Å². The van der Waals surface area contributed by atoms with Crippen LogP contribution in [0, 0.1) is 11.8 Å². The minimum atomic E-state index is -0.285. The summed E-state index contributed by atoms with van der Waals surface area (Å²) < 4.78 is 18.0. The zero-order chi connectivity index (χ0) is 10.6. The summed E-state index contributed by atoms with van der Waals surface area (Å²) in [5, 5.41) is 0. The Kier molecular flexibility index (Phi) is 4.18. The zero-order valence-electron chi connectivity index (χ0n) is 9.05. The van der Waals surface area contributed by atoms with Crippen LogP contribution in [0.3, 0.4) is 0 Å². The van der Waals surface area contributed by atoms with Crippen LogP contribution in [0.25, 0.3) is 0 Å². The highest BCUT2D eigenvalue weighted by atomic mass is 19.1. The van der Waals surface area contributed by atoms with Gasteiger partial charge in [0.05, 0.1) is 19.0 Å². The summed E-state index contributed by atoms with van der Waals surface area (Å²) in [6.45, 7) is 8.29. The van der Waals surface area contributed by atoms with E-state index in [4.69, 9.17) is 4.74 Å². The third kappa shape index (κ3) is 2.86. The first-order valence-electron chi connectivity index (χ1n) is 5.20. The van der Waals surface area contributed by atoms with Gasteiger partial charge in [0.15, 0.2) is 0 Å². The van der Waals surface area contributed by atoms with Crippen LogP contribution in [0.15, 0.2) is 24.0 Å². The minimum Gasteiger partial charge on any atom is -0.497 e. The Morgan fingerprint density at radius 3 is 3.00 bits per heavy atom. The molecule has 2 atom stereocenters. The molecule has 0 bridgehead atoms. The van der Waals surface area contributed by atoms with Crippen LogP contribution in [0.4, 0.5) is 4.39 Å². The van der Waals surface area contributed by atoms with E-state index in [1.165, 1.54) is 0 Å². The molecule has 0 aliphatic carbocycles. The highest BCUT2D eigenvalue weighted by molar-refractivity contribution is 5.23. The van der Waals surface area contributed by atoms with Gasteiger partial charge in [-0.3, -0.25) is 4.39 Å². The van der Waals surface area contributed by atoms with E-state index in [-0.39, 0.29) is 12.6 Å². The van der Waals surface area contributed by atoms with E-state index >= 15 is 0 Å². The van der Waals surface area contributed by atoms with Gasteiger partial charge in [0.1, 0.15) is 0 Å². The first-order chi connectivity index (χ1) is 6.67. The smallest absolute Gasteiger partial charge is 0.0995 e. The second-order valence-electron chi connectivity index (χ2n) is 4.24. The number of hydrogen-bond donors (Lipinski definition) is 0. The van der Waals surface area contributed by atoms with Gasteiger partial charge in [-0.15, -0.1) is 0 Å². The van der Waals surface area contributed by atoms with Crippen molar-refractivity contribution in [3.63, 3.8) is 0 Å². The fraction of sp³-hybridized carbons (Fsp3) is 0.667. The lowest BCUT2D eigenvalue weighted by molar-refractivity contribution is 0.133. The molecule has 1 nitrogen and oxygen atoms in total. The van der Waals surface area contributed by atoms with Crippen LogP contribution >= 0.6 is 0 Å². The molecule has 1 rings (SSSR count). The van der Waals surface area contributed by atoms with Crippen LogP contribution in [0.2, 0.25) is 0 Å². The van der Waals surface area contributed by atoms with Gasteiger partial charge in [0.25, 0.3) is 0 Å². The van der Waals surface area contributed by atoms with Crippen LogP contribution < -0.4 is 0 Å². The van der Waals surface area contributed by atoms with Crippen LogP contribution in [0.5, 0.6) is 0 Å². The van der Waals surface area contributed by atoms with E-state index in [9.17, 15) is 4.39 Å². The van der Waals surface area contributed by atoms with Gasteiger partial charge in [-0.2, -0.15) is 0 Å². The Morgan fingerprint density at radius 2 is 2.43 bits per heavy atom. The predicted molar refractivity (Wildman–Crippen MR) is 56.7 cm³/mol. The molecule has 0 amide bonds. The SMILES string of the molecule is C=CC1=C(CC(C)CF)OCC(C)C1. The first-order valence-corrected chi connectivity index (χ1v) is 5.20. The summed E-state index contributed by atoms with van der Waals surface area (Å²) in [5.74, 6) is 1.55. The quantitative estimate of drug-likeness (QED) is 0.672. The maximum atomic E-state index is 12.3. The highest BCUT2D eigenvalue weighted by Crippen LogP contribution is 2.28. The summed E-state index contributed by atoms with van der Waals surface area (Å²) >= 11 is 0. The van der Waals surface area contributed by atoms with E-state index in [1.54, 1.807) is 0 Å². The van der Waals surface area contributed by atoms with Crippen molar-refractivity contribution in [3.05, 3.63) is 24.0 Å². The summed E-state index contributed by atoms with van der Waals surface area (Å²) in [6, 6.07) is 0. The van der Waals surface area contributed by atoms with Gasteiger partial charge in [-0.25, -0.2) is 0 Å². The molecule has 0 saturated heterocycles. The summed E-state index contributed by atoms with van der Waals surface area (Å²) in [7, 11) is 0. The summed E-state index contributed by atoms with van der Waals surface area (Å²) in [5.41, 5.74) is 1.16. The third-order valence-corrected chi connectivity index (χ3v) is 2.51. The number of alkyl halides is 1. The van der Waals surface area contributed by atoms with Gasteiger partial charge in [0, 0.05) is 6.42 Å². The standard InChI is InChI=1S/C12H19FO/c1-4-11-5-10(3)8-14-12(11)6-9(2)7-13/h4,9-10H,1,5-8H2,2-3H3. The third-order valence-electron chi connectivity index (χ3n) is 2.51. The van der Waals surface area contributed by atoms with Gasteiger partial charge < -0.3 is 4.74 Å². The van der Waals surface area contributed by atoms with E-state index in [1.807, 2.05) is 13.0 Å². The molecule has 2 heteroatoms. The van der Waals surface area contributed by atoms with Crippen LogP contribution in [-0.2, 0) is 4.74 Å². The molecular formula is C12H19FO. The van der Waals surface area contributed by atoms with Crippen molar-refractivity contribution in [1.29, 1.82) is 0 Å². The monoisotopic (exact) mass is 198 g/mol. The number of allylic oxidation sites excluding steroid dienone is 3. The van der Waals surface area contributed by atoms with Crippen molar-refractivity contribution in [2.24, 2.45) is 11.8 Å². The summed E-state index contributed by atoms with van der Waals surface area (Å²) in [6.07, 6.45) is 3.55. The highest BCUT2D eigenvalue weighted by Gasteiger charge is 2.18. The second kappa shape index (κ2) is 5.18. The van der Waals surface area contributed by atoms with Crippen LogP contribution in [-0.4, -0.2) is 13.3 Å². The predicted octanol–water partition coefficient (Wildman–Crippen LogP) is 3.48. The first kappa shape index (κ1) is 11.3. The van der Waals surface area contributed by atoms with Gasteiger partial charge in [-0.05, 0) is 23.8 Å². The Morgan fingerprint density at radius 1 is 1.71 bits per heavy atom. The lowest BCUT2D eigenvalue weighted by atomic mass is 9.95. The molecule has 0 saturated carbocycles. The van der Waals surface area contributed by atoms with Crippen molar-refractivity contribution >= 4 is 0 Å². The fourth-order valence-corrected chi connectivity index (χ4v) is 1.64. The Balaban J connectivity index is 2.67. The van der Waals surface area contributed by atoms with Crippen molar-refractivity contribution in [1.82, 2.24) is 0 Å². The Labute approximate surface area is 85.6 Å². The van der Waals surface area contributed by atoms with Crippen molar-refractivity contribution in [3.8, 4) is 0 Å². The zero-order valence-corrected chi connectivity index (χ0v) is 9.05. The topological polar surface area (TPSA) is 9.23 Å². The van der Waals surface area contributed by atoms with E-state index in [0.717, 1.165) is 24.4 Å². The molecule has 0 fully saturated rings. The Hall–Kier alpha value is -0.790. The average molecular weight is 198 g/mol. The molecule has 0 spiro atoms. The molecule has 0 aromatic rings. The number of ether oxygens (including phenoxy) is 1. The van der Waals surface area contributed by atoms with E-state index in [0.29, 0.717) is 12.3 Å². The van der Waals surface area contributed by atoms with Crippen molar-refractivity contribution in [2.75, 3.05) is 13.3 Å². The lowest BCUT2D eigenvalue weighted by Crippen LogP contribution is -2.16. The van der Waals surface area contributed by atoms with Gasteiger partial charge in [-0.1, -0.05) is 26.5 Å². The Bertz CT molecular complexity index is 232. The molecule has 2 unspecified atom stereocenters. The second-order valence-corrected chi connectivity index (χ2v) is 4.24. The van der Waals surface area contributed by atoms with Crippen LogP contribution in [0.1, 0.15) is 26.7 Å². The summed E-state index contributed by atoms with van der Waals surface area (Å²) in [4.78, 5) is 0. The maximum Gasteiger partial charge on any atom is 0.0995 e. The maximum absolute atomic E-state index is 12.3. The van der Waals surface area contributed by atoms with Crippen molar-refractivity contribution in [2.45, 2.75) is 26.7 Å². The number of hydrogen-bond acceptors (Lipinski definition) is 1. The minimum absolute atomic E-state index is 0.0494. The van der Waals surface area contributed by atoms with E-state index in [2.05, 4.69) is 13.5 Å². The van der Waals surface area contributed by atoms with Gasteiger partial charge in [0.2, 0.25) is 0 Å².